The second kappa shape index (κ2) is 4.30. The molecule has 0 atom stereocenters. The van der Waals surface area contributed by atoms with Gasteiger partial charge in [-0.1, -0.05) is 6.07 Å². The first-order valence-corrected chi connectivity index (χ1v) is 5.16. The molecule has 84 valence electrons. The molecule has 2 heterocycles. The Morgan fingerprint density at radius 3 is 3.00 bits per heavy atom. The molecule has 2 rings (SSSR count). The van der Waals surface area contributed by atoms with E-state index in [1.54, 1.807) is 11.1 Å². The summed E-state index contributed by atoms with van der Waals surface area (Å²) in [4.78, 5) is 28.3. The second-order valence-corrected chi connectivity index (χ2v) is 3.79. The number of nitrogens with one attached hydrogen (secondary N) is 1. The van der Waals surface area contributed by atoms with Crippen molar-refractivity contribution < 1.29 is 9.59 Å². The third-order valence-electron chi connectivity index (χ3n) is 2.60. The summed E-state index contributed by atoms with van der Waals surface area (Å²) in [5.74, 6) is -0.209. The van der Waals surface area contributed by atoms with E-state index in [9.17, 15) is 9.59 Å². The monoisotopic (exact) mass is 219 g/mol. The van der Waals surface area contributed by atoms with E-state index in [-0.39, 0.29) is 11.9 Å². The van der Waals surface area contributed by atoms with Gasteiger partial charge < -0.3 is 4.90 Å². The molecule has 1 aromatic heterocycles. The largest absolute Gasteiger partial charge is 0.324 e. The molecule has 5 nitrogen and oxygen atoms in total. The molecule has 0 aromatic carbocycles. The first kappa shape index (κ1) is 10.6. The van der Waals surface area contributed by atoms with Gasteiger partial charge in [0.2, 0.25) is 5.91 Å². The van der Waals surface area contributed by atoms with Crippen LogP contribution in [0.15, 0.2) is 18.3 Å². The minimum Gasteiger partial charge on any atom is -0.318 e. The highest BCUT2D eigenvalue weighted by molar-refractivity contribution is 5.96. The molecule has 1 saturated heterocycles. The third kappa shape index (κ3) is 2.18. The summed E-state index contributed by atoms with van der Waals surface area (Å²) in [6.07, 6.45) is 2.06. The lowest BCUT2D eigenvalue weighted by Gasteiger charge is -2.26. The average molecular weight is 219 g/mol. The number of hydrogen-bond donors (Lipinski definition) is 1. The molecule has 0 spiro atoms. The summed E-state index contributed by atoms with van der Waals surface area (Å²) in [6.45, 7) is 2.86. The number of amides is 3. The number of rotatable bonds is 2. The molecule has 1 aliphatic heterocycles. The lowest BCUT2D eigenvalue weighted by atomic mass is 10.2. The van der Waals surface area contributed by atoms with E-state index in [2.05, 4.69) is 10.3 Å². The molecule has 1 fully saturated rings. The molecule has 0 aliphatic carbocycles. The van der Waals surface area contributed by atoms with Crippen LogP contribution in [0.1, 0.15) is 17.7 Å². The highest BCUT2D eigenvalue weighted by atomic mass is 16.2. The van der Waals surface area contributed by atoms with Gasteiger partial charge in [-0.2, -0.15) is 0 Å². The molecule has 0 saturated carbocycles. The summed E-state index contributed by atoms with van der Waals surface area (Å²) in [6, 6.07) is 3.48. The number of nitrogens with zero attached hydrogens (tertiary/aromatic N) is 2. The van der Waals surface area contributed by atoms with Crippen molar-refractivity contribution in [2.75, 3.05) is 6.54 Å². The van der Waals surface area contributed by atoms with Crippen LogP contribution in [0.25, 0.3) is 0 Å². The predicted molar refractivity (Wildman–Crippen MR) is 57.5 cm³/mol. The Bertz CT molecular complexity index is 431. The fourth-order valence-electron chi connectivity index (χ4n) is 1.61. The van der Waals surface area contributed by atoms with Crippen molar-refractivity contribution in [2.24, 2.45) is 0 Å². The topological polar surface area (TPSA) is 62.3 Å². The molecule has 0 bridgehead atoms. The molecule has 1 aliphatic rings. The molecular formula is C11H13N3O2. The summed E-state index contributed by atoms with van der Waals surface area (Å²) >= 11 is 0. The molecule has 0 radical (unpaired) electrons. The fraction of sp³-hybridized carbons (Fsp3) is 0.364. The van der Waals surface area contributed by atoms with Crippen LogP contribution in [-0.4, -0.2) is 28.4 Å². The van der Waals surface area contributed by atoms with Crippen molar-refractivity contribution in [1.82, 2.24) is 15.2 Å². The van der Waals surface area contributed by atoms with Crippen molar-refractivity contribution in [3.63, 3.8) is 0 Å². The minimum absolute atomic E-state index is 0.209. The van der Waals surface area contributed by atoms with E-state index < -0.39 is 0 Å². The Hall–Kier alpha value is -1.91. The number of urea groups is 1. The van der Waals surface area contributed by atoms with Crippen LogP contribution in [0.5, 0.6) is 0 Å². The van der Waals surface area contributed by atoms with E-state index in [4.69, 9.17) is 0 Å². The maximum Gasteiger partial charge on any atom is 0.324 e. The average Bonchev–Trinajstić information content (AvgIpc) is 2.25. The first-order chi connectivity index (χ1) is 7.66. The standard InChI is InChI=1S/C11H13N3O2/c1-8-3-2-5-12-9(8)7-14-6-4-10(15)13-11(14)16/h2-3,5H,4,6-7H2,1H3,(H,13,15,16). The number of aryl methyl sites for hydroxylation is 1. The van der Waals surface area contributed by atoms with Gasteiger partial charge in [-0.3, -0.25) is 15.1 Å². The Morgan fingerprint density at radius 2 is 2.31 bits per heavy atom. The summed E-state index contributed by atoms with van der Waals surface area (Å²) in [7, 11) is 0. The highest BCUT2D eigenvalue weighted by Crippen LogP contribution is 2.09. The highest BCUT2D eigenvalue weighted by Gasteiger charge is 2.23. The molecule has 5 heteroatoms. The number of hydrogen-bond acceptors (Lipinski definition) is 3. The smallest absolute Gasteiger partial charge is 0.318 e. The summed E-state index contributed by atoms with van der Waals surface area (Å²) < 4.78 is 0. The van der Waals surface area contributed by atoms with Gasteiger partial charge in [-0.25, -0.2) is 4.79 Å². The third-order valence-corrected chi connectivity index (χ3v) is 2.60. The van der Waals surface area contributed by atoms with Gasteiger partial charge in [-0.05, 0) is 18.6 Å². The number of carbonyl (C=O) groups is 2. The van der Waals surface area contributed by atoms with Crippen molar-refractivity contribution in [3.05, 3.63) is 29.6 Å². The quantitative estimate of drug-likeness (QED) is 0.801. The van der Waals surface area contributed by atoms with Gasteiger partial charge in [-0.15, -0.1) is 0 Å². The van der Waals surface area contributed by atoms with Gasteiger partial charge in [0.1, 0.15) is 0 Å². The van der Waals surface area contributed by atoms with Gasteiger partial charge in [0, 0.05) is 19.2 Å². The summed E-state index contributed by atoms with van der Waals surface area (Å²) in [5.41, 5.74) is 1.92. The Labute approximate surface area is 93.5 Å². The molecule has 1 aromatic rings. The minimum atomic E-state index is -0.332. The lowest BCUT2D eigenvalue weighted by Crippen LogP contribution is -2.49. The molecule has 1 N–H and O–H groups in total. The molecule has 0 unspecified atom stereocenters. The molecular weight excluding hydrogens is 206 g/mol. The molecule has 3 amide bonds. The zero-order valence-electron chi connectivity index (χ0n) is 9.06. The van der Waals surface area contributed by atoms with Crippen molar-refractivity contribution in [3.8, 4) is 0 Å². The van der Waals surface area contributed by atoms with E-state index in [0.717, 1.165) is 11.3 Å². The number of carbonyl (C=O) groups excluding carboxylic acids is 2. The maximum atomic E-state index is 11.5. The van der Waals surface area contributed by atoms with Crippen LogP contribution in [0.4, 0.5) is 4.79 Å². The van der Waals surface area contributed by atoms with Crippen molar-refractivity contribution in [2.45, 2.75) is 19.9 Å². The van der Waals surface area contributed by atoms with Crippen LogP contribution < -0.4 is 5.32 Å². The zero-order valence-corrected chi connectivity index (χ0v) is 9.06. The lowest BCUT2D eigenvalue weighted by molar-refractivity contribution is -0.121. The van der Waals surface area contributed by atoms with Gasteiger partial charge in [0.25, 0.3) is 0 Å². The van der Waals surface area contributed by atoms with Crippen LogP contribution in [0, 0.1) is 6.92 Å². The van der Waals surface area contributed by atoms with Crippen molar-refractivity contribution in [1.29, 1.82) is 0 Å². The van der Waals surface area contributed by atoms with Gasteiger partial charge in [0.05, 0.1) is 12.2 Å². The van der Waals surface area contributed by atoms with E-state index in [0.29, 0.717) is 19.5 Å². The summed E-state index contributed by atoms with van der Waals surface area (Å²) in [5, 5.41) is 2.29. The maximum absolute atomic E-state index is 11.5. The van der Waals surface area contributed by atoms with Crippen LogP contribution in [0.2, 0.25) is 0 Å². The SMILES string of the molecule is Cc1cccnc1CN1CCC(=O)NC1=O. The zero-order chi connectivity index (χ0) is 11.5. The van der Waals surface area contributed by atoms with Gasteiger partial charge in [0.15, 0.2) is 0 Å². The van der Waals surface area contributed by atoms with Crippen LogP contribution in [0.3, 0.4) is 0 Å². The van der Waals surface area contributed by atoms with E-state index in [1.165, 1.54) is 0 Å². The van der Waals surface area contributed by atoms with E-state index in [1.807, 2.05) is 19.1 Å². The number of aromatic nitrogens is 1. The Balaban J connectivity index is 2.08. The fourth-order valence-corrected chi connectivity index (χ4v) is 1.61. The van der Waals surface area contributed by atoms with Crippen LogP contribution in [-0.2, 0) is 11.3 Å². The number of imide groups is 1. The normalized spacial score (nSPS) is 16.2. The number of pyridine rings is 1. The van der Waals surface area contributed by atoms with Crippen LogP contribution >= 0.6 is 0 Å². The predicted octanol–water partition coefficient (Wildman–Crippen LogP) is 0.832. The van der Waals surface area contributed by atoms with Gasteiger partial charge >= 0.3 is 6.03 Å². The molecule has 16 heavy (non-hydrogen) atoms. The Kier molecular flexibility index (Phi) is 2.85. The second-order valence-electron chi connectivity index (χ2n) is 3.79. The first-order valence-electron chi connectivity index (χ1n) is 5.16. The van der Waals surface area contributed by atoms with Crippen molar-refractivity contribution >= 4 is 11.9 Å². The van der Waals surface area contributed by atoms with E-state index >= 15 is 0 Å². The Morgan fingerprint density at radius 1 is 1.50 bits per heavy atom.